The molecule has 0 bridgehead atoms. The highest BCUT2D eigenvalue weighted by Gasteiger charge is 2.23. The zero-order valence-corrected chi connectivity index (χ0v) is 12.2. The fourth-order valence-corrected chi connectivity index (χ4v) is 2.29. The second-order valence-corrected chi connectivity index (χ2v) is 5.22. The van der Waals surface area contributed by atoms with Crippen molar-refractivity contribution in [3.05, 3.63) is 33.9 Å². The maximum absolute atomic E-state index is 12.0. The Morgan fingerprint density at radius 1 is 1.38 bits per heavy atom. The van der Waals surface area contributed by atoms with Gasteiger partial charge in [-0.25, -0.2) is 0 Å². The van der Waals surface area contributed by atoms with E-state index in [0.29, 0.717) is 37.6 Å². The molecule has 0 aromatic heterocycles. The van der Waals surface area contributed by atoms with Crippen LogP contribution in [0.2, 0.25) is 0 Å². The van der Waals surface area contributed by atoms with Gasteiger partial charge in [0.1, 0.15) is 5.69 Å². The van der Waals surface area contributed by atoms with E-state index >= 15 is 0 Å². The van der Waals surface area contributed by atoms with Crippen LogP contribution < -0.4 is 4.90 Å². The summed E-state index contributed by atoms with van der Waals surface area (Å²) in [4.78, 5) is 26.5. The molecule has 0 aliphatic carbocycles. The Morgan fingerprint density at radius 3 is 2.62 bits per heavy atom. The fourth-order valence-electron chi connectivity index (χ4n) is 2.29. The fraction of sp³-hybridized carbons (Fsp3) is 0.500. The minimum absolute atomic E-state index is 0.0264. The topological polar surface area (TPSA) is 75.9 Å². The number of ether oxygens (including phenoxy) is 1. The molecular formula is C14H19N3O4. The van der Waals surface area contributed by atoms with Crippen LogP contribution in [0, 0.1) is 10.1 Å². The quantitative estimate of drug-likeness (QED) is 0.461. The molecule has 1 fully saturated rings. The molecule has 0 unspecified atom stereocenters. The molecule has 0 spiro atoms. The zero-order chi connectivity index (χ0) is 15.4. The first-order valence-electron chi connectivity index (χ1n) is 6.78. The van der Waals surface area contributed by atoms with Gasteiger partial charge in [0.2, 0.25) is 0 Å². The molecule has 7 nitrogen and oxygen atoms in total. The first-order valence-corrected chi connectivity index (χ1v) is 6.78. The van der Waals surface area contributed by atoms with E-state index in [1.807, 2.05) is 4.90 Å². The molecule has 0 amide bonds. The van der Waals surface area contributed by atoms with Gasteiger partial charge in [-0.3, -0.25) is 14.9 Å². The lowest BCUT2D eigenvalue weighted by Gasteiger charge is -2.28. The third kappa shape index (κ3) is 3.77. The predicted molar refractivity (Wildman–Crippen MR) is 79.0 cm³/mol. The number of anilines is 1. The summed E-state index contributed by atoms with van der Waals surface area (Å²) in [6.07, 6.45) is 0. The molecular weight excluding hydrogens is 274 g/mol. The number of nitro benzene ring substituents is 1. The average Bonchev–Trinajstić information content (AvgIpc) is 2.46. The van der Waals surface area contributed by atoms with Gasteiger partial charge in [0.15, 0.2) is 5.78 Å². The molecule has 7 heteroatoms. The van der Waals surface area contributed by atoms with Gasteiger partial charge in [-0.05, 0) is 26.2 Å². The number of nitrogens with zero attached hydrogens (tertiary/aromatic N) is 3. The van der Waals surface area contributed by atoms with Crippen LogP contribution in [0.1, 0.15) is 10.4 Å². The maximum atomic E-state index is 12.0. The minimum Gasteiger partial charge on any atom is -0.378 e. The van der Waals surface area contributed by atoms with E-state index in [1.54, 1.807) is 31.1 Å². The highest BCUT2D eigenvalue weighted by Crippen LogP contribution is 2.30. The number of nitro groups is 1. The molecule has 1 saturated heterocycles. The van der Waals surface area contributed by atoms with Crippen LogP contribution in [0.25, 0.3) is 0 Å². The lowest BCUT2D eigenvalue weighted by Crippen LogP contribution is -2.36. The van der Waals surface area contributed by atoms with E-state index in [9.17, 15) is 14.9 Å². The summed E-state index contributed by atoms with van der Waals surface area (Å²) in [7, 11) is 3.57. The van der Waals surface area contributed by atoms with Crippen molar-refractivity contribution in [1.82, 2.24) is 4.90 Å². The van der Waals surface area contributed by atoms with Gasteiger partial charge in [0.25, 0.3) is 5.69 Å². The number of benzene rings is 1. The Balaban J connectivity index is 2.30. The number of ketones is 1. The summed E-state index contributed by atoms with van der Waals surface area (Å²) < 4.78 is 5.26. The number of hydrogen-bond acceptors (Lipinski definition) is 6. The lowest BCUT2D eigenvalue weighted by atomic mass is 10.1. The normalized spacial score (nSPS) is 15.3. The van der Waals surface area contributed by atoms with Crippen LogP contribution in [0.15, 0.2) is 18.2 Å². The SMILES string of the molecule is CN(C)CC(=O)c1ccc(N2CCOCC2)c([N+](=O)[O-])c1. The Kier molecular flexibility index (Phi) is 4.87. The molecule has 0 saturated carbocycles. The summed E-state index contributed by atoms with van der Waals surface area (Å²) in [6.45, 7) is 2.57. The Bertz CT molecular complexity index is 539. The summed E-state index contributed by atoms with van der Waals surface area (Å²) in [6, 6.07) is 4.69. The third-order valence-electron chi connectivity index (χ3n) is 3.31. The minimum atomic E-state index is -0.433. The van der Waals surface area contributed by atoms with E-state index in [2.05, 4.69) is 0 Å². The largest absolute Gasteiger partial charge is 0.378 e. The Morgan fingerprint density at radius 2 is 2.05 bits per heavy atom. The highest BCUT2D eigenvalue weighted by atomic mass is 16.6. The van der Waals surface area contributed by atoms with Gasteiger partial charge in [0, 0.05) is 24.7 Å². The molecule has 1 aliphatic heterocycles. The molecule has 2 rings (SSSR count). The second-order valence-electron chi connectivity index (χ2n) is 5.22. The summed E-state index contributed by atoms with van der Waals surface area (Å²) >= 11 is 0. The monoisotopic (exact) mass is 293 g/mol. The maximum Gasteiger partial charge on any atom is 0.293 e. The molecule has 114 valence electrons. The van der Waals surface area contributed by atoms with Crippen molar-refractivity contribution in [3.8, 4) is 0 Å². The van der Waals surface area contributed by atoms with Crippen LogP contribution in [0.5, 0.6) is 0 Å². The van der Waals surface area contributed by atoms with E-state index in [1.165, 1.54) is 6.07 Å². The van der Waals surface area contributed by atoms with Gasteiger partial charge >= 0.3 is 0 Å². The van der Waals surface area contributed by atoms with Crippen LogP contribution in [0.4, 0.5) is 11.4 Å². The van der Waals surface area contributed by atoms with Crippen molar-refractivity contribution in [2.45, 2.75) is 0 Å². The van der Waals surface area contributed by atoms with Gasteiger partial charge in [0.05, 0.1) is 24.7 Å². The number of hydrogen-bond donors (Lipinski definition) is 0. The molecule has 21 heavy (non-hydrogen) atoms. The van der Waals surface area contributed by atoms with Gasteiger partial charge in [-0.2, -0.15) is 0 Å². The Hall–Kier alpha value is -1.99. The molecule has 0 atom stereocenters. The summed E-state index contributed by atoms with van der Waals surface area (Å²) in [5.74, 6) is -0.128. The standard InChI is InChI=1S/C14H19N3O4/c1-15(2)10-14(18)11-3-4-12(13(9-11)17(19)20)16-5-7-21-8-6-16/h3-4,9H,5-8,10H2,1-2H3. The molecule has 1 aliphatic rings. The number of Topliss-reactive ketones (excluding diaryl/α,β-unsaturated/α-hetero) is 1. The van der Waals surface area contributed by atoms with Crippen LogP contribution in [-0.2, 0) is 4.74 Å². The van der Waals surface area contributed by atoms with Gasteiger partial charge in [-0.15, -0.1) is 0 Å². The predicted octanol–water partition coefficient (Wildman–Crippen LogP) is 1.18. The highest BCUT2D eigenvalue weighted by molar-refractivity contribution is 5.98. The van der Waals surface area contributed by atoms with Crippen LogP contribution in [-0.4, -0.2) is 62.5 Å². The molecule has 1 aromatic carbocycles. The molecule has 0 N–H and O–H groups in total. The van der Waals surface area contributed by atoms with Crippen molar-refractivity contribution in [1.29, 1.82) is 0 Å². The second kappa shape index (κ2) is 6.64. The third-order valence-corrected chi connectivity index (χ3v) is 3.31. The van der Waals surface area contributed by atoms with E-state index < -0.39 is 4.92 Å². The zero-order valence-electron chi connectivity index (χ0n) is 12.2. The molecule has 1 aromatic rings. The Labute approximate surface area is 123 Å². The van der Waals surface area contributed by atoms with Gasteiger partial charge in [-0.1, -0.05) is 0 Å². The van der Waals surface area contributed by atoms with Gasteiger partial charge < -0.3 is 14.5 Å². The van der Waals surface area contributed by atoms with E-state index in [0.717, 1.165) is 0 Å². The number of carbonyl (C=O) groups excluding carboxylic acids is 1. The van der Waals surface area contributed by atoms with Crippen LogP contribution >= 0.6 is 0 Å². The number of carbonyl (C=O) groups is 1. The van der Waals surface area contributed by atoms with Crippen molar-refractivity contribution in [3.63, 3.8) is 0 Å². The first-order chi connectivity index (χ1) is 9.99. The van der Waals surface area contributed by atoms with E-state index in [4.69, 9.17) is 4.74 Å². The smallest absolute Gasteiger partial charge is 0.293 e. The number of rotatable bonds is 5. The lowest BCUT2D eigenvalue weighted by molar-refractivity contribution is -0.384. The van der Waals surface area contributed by atoms with Crippen molar-refractivity contribution >= 4 is 17.2 Å². The first kappa shape index (κ1) is 15.4. The summed E-state index contributed by atoms with van der Waals surface area (Å²) in [5.41, 5.74) is 0.888. The summed E-state index contributed by atoms with van der Waals surface area (Å²) in [5, 5.41) is 11.3. The van der Waals surface area contributed by atoms with Crippen molar-refractivity contribution in [2.24, 2.45) is 0 Å². The van der Waals surface area contributed by atoms with E-state index in [-0.39, 0.29) is 18.0 Å². The number of morpholine rings is 1. The van der Waals surface area contributed by atoms with Crippen molar-refractivity contribution < 1.29 is 14.5 Å². The van der Waals surface area contributed by atoms with Crippen LogP contribution in [0.3, 0.4) is 0 Å². The molecule has 1 heterocycles. The number of likely N-dealkylation sites (N-methyl/N-ethyl adjacent to an activating group) is 1. The molecule has 0 radical (unpaired) electrons. The van der Waals surface area contributed by atoms with Crippen molar-refractivity contribution in [2.75, 3.05) is 51.8 Å². The average molecular weight is 293 g/mol.